The predicted molar refractivity (Wildman–Crippen MR) is 131 cm³/mol. The Balaban J connectivity index is 1.47. The van der Waals surface area contributed by atoms with Crippen LogP contribution in [0.1, 0.15) is 20.7 Å². The average molecular weight is 457 g/mol. The summed E-state index contributed by atoms with van der Waals surface area (Å²) in [5.74, 6) is -1.40. The first-order chi connectivity index (χ1) is 16.0. The van der Waals surface area contributed by atoms with Crippen molar-refractivity contribution < 1.29 is 19.5 Å². The van der Waals surface area contributed by atoms with Gasteiger partial charge in [0.05, 0.1) is 11.3 Å². The minimum absolute atomic E-state index is 0.0759. The SMILES string of the molecule is O=C(CSc1cccc(NC(=O)c2cccc3cccc(C(=O)O)c23)c1)Nc1ccccc1. The molecule has 4 aromatic carbocycles. The van der Waals surface area contributed by atoms with Crippen LogP contribution in [0.3, 0.4) is 0 Å². The zero-order chi connectivity index (χ0) is 23.2. The topological polar surface area (TPSA) is 95.5 Å². The Hall–Kier alpha value is -4.10. The number of carboxylic acid groups (broad SMARTS) is 1. The largest absolute Gasteiger partial charge is 0.478 e. The molecule has 0 aromatic heterocycles. The molecule has 0 aliphatic carbocycles. The van der Waals surface area contributed by atoms with Crippen LogP contribution in [0, 0.1) is 0 Å². The molecule has 0 aliphatic heterocycles. The van der Waals surface area contributed by atoms with Crippen molar-refractivity contribution >= 4 is 51.7 Å². The summed E-state index contributed by atoms with van der Waals surface area (Å²) in [7, 11) is 0. The van der Waals surface area contributed by atoms with E-state index in [9.17, 15) is 19.5 Å². The Morgan fingerprint density at radius 3 is 2.12 bits per heavy atom. The fraction of sp³-hybridized carbons (Fsp3) is 0.0385. The number of thioether (sulfide) groups is 1. The van der Waals surface area contributed by atoms with E-state index < -0.39 is 11.9 Å². The minimum atomic E-state index is -1.09. The van der Waals surface area contributed by atoms with Crippen LogP contribution in [0.5, 0.6) is 0 Å². The van der Waals surface area contributed by atoms with Crippen molar-refractivity contribution in [1.82, 2.24) is 0 Å². The van der Waals surface area contributed by atoms with Crippen LogP contribution in [0.2, 0.25) is 0 Å². The molecule has 0 atom stereocenters. The highest BCUT2D eigenvalue weighted by Gasteiger charge is 2.16. The first kappa shape index (κ1) is 22.1. The van der Waals surface area contributed by atoms with Crippen LogP contribution in [0.15, 0.2) is 95.9 Å². The summed E-state index contributed by atoms with van der Waals surface area (Å²) in [5.41, 5.74) is 1.65. The van der Waals surface area contributed by atoms with Crippen molar-refractivity contribution in [3.05, 3.63) is 102 Å². The third-order valence-corrected chi connectivity index (χ3v) is 5.89. The van der Waals surface area contributed by atoms with Crippen LogP contribution in [-0.4, -0.2) is 28.6 Å². The Bertz CT molecular complexity index is 1330. The number of amides is 2. The molecule has 4 rings (SSSR count). The van der Waals surface area contributed by atoms with Gasteiger partial charge in [-0.15, -0.1) is 11.8 Å². The van der Waals surface area contributed by atoms with Gasteiger partial charge in [-0.2, -0.15) is 0 Å². The van der Waals surface area contributed by atoms with Crippen LogP contribution < -0.4 is 10.6 Å². The van der Waals surface area contributed by atoms with Crippen molar-refractivity contribution in [2.24, 2.45) is 0 Å². The zero-order valence-electron chi connectivity index (χ0n) is 17.4. The zero-order valence-corrected chi connectivity index (χ0v) is 18.3. The fourth-order valence-electron chi connectivity index (χ4n) is 3.44. The highest BCUT2D eigenvalue weighted by Crippen LogP contribution is 2.26. The molecule has 33 heavy (non-hydrogen) atoms. The highest BCUT2D eigenvalue weighted by atomic mass is 32.2. The number of benzene rings is 4. The number of nitrogens with one attached hydrogen (secondary N) is 2. The molecule has 0 bridgehead atoms. The lowest BCUT2D eigenvalue weighted by atomic mass is 9.98. The van der Waals surface area contributed by atoms with Gasteiger partial charge in [-0.05, 0) is 47.9 Å². The predicted octanol–water partition coefficient (Wildman–Crippen LogP) is 5.52. The van der Waals surface area contributed by atoms with Gasteiger partial charge in [-0.3, -0.25) is 9.59 Å². The summed E-state index contributed by atoms with van der Waals surface area (Å²) in [6, 6.07) is 26.4. The van der Waals surface area contributed by atoms with Gasteiger partial charge in [-0.1, -0.05) is 48.5 Å². The van der Waals surface area contributed by atoms with Crippen LogP contribution >= 0.6 is 11.8 Å². The van der Waals surface area contributed by atoms with Crippen molar-refractivity contribution in [3.63, 3.8) is 0 Å². The van der Waals surface area contributed by atoms with Gasteiger partial charge in [0.1, 0.15) is 0 Å². The Morgan fingerprint density at radius 1 is 0.727 bits per heavy atom. The van der Waals surface area contributed by atoms with Crippen molar-refractivity contribution in [2.75, 3.05) is 16.4 Å². The van der Waals surface area contributed by atoms with Crippen LogP contribution in [0.25, 0.3) is 10.8 Å². The van der Waals surface area contributed by atoms with E-state index in [2.05, 4.69) is 10.6 Å². The summed E-state index contributed by atoms with van der Waals surface area (Å²) in [6.45, 7) is 0. The Kier molecular flexibility index (Phi) is 6.71. The second kappa shape index (κ2) is 10.0. The minimum Gasteiger partial charge on any atom is -0.478 e. The van der Waals surface area contributed by atoms with E-state index in [0.717, 1.165) is 10.6 Å². The normalized spacial score (nSPS) is 10.5. The first-order valence-electron chi connectivity index (χ1n) is 10.2. The molecule has 164 valence electrons. The number of hydrogen-bond donors (Lipinski definition) is 3. The molecule has 6 nitrogen and oxygen atoms in total. The maximum Gasteiger partial charge on any atom is 0.336 e. The third kappa shape index (κ3) is 5.39. The molecule has 0 saturated heterocycles. The van der Waals surface area contributed by atoms with Crippen molar-refractivity contribution in [3.8, 4) is 0 Å². The molecular formula is C26H20N2O4S. The number of carbonyl (C=O) groups is 3. The molecule has 0 radical (unpaired) electrons. The molecule has 3 N–H and O–H groups in total. The number of carbonyl (C=O) groups excluding carboxylic acids is 2. The van der Waals surface area contributed by atoms with Gasteiger partial charge in [0.25, 0.3) is 5.91 Å². The molecule has 0 spiro atoms. The van der Waals surface area contributed by atoms with Gasteiger partial charge >= 0.3 is 5.97 Å². The molecule has 7 heteroatoms. The summed E-state index contributed by atoms with van der Waals surface area (Å²) in [5, 5.41) is 16.3. The molecule has 0 heterocycles. The molecule has 0 aliphatic rings. The van der Waals surface area contributed by atoms with Crippen molar-refractivity contribution in [2.45, 2.75) is 4.90 Å². The molecule has 2 amide bonds. The van der Waals surface area contributed by atoms with E-state index in [1.807, 2.05) is 36.4 Å². The smallest absolute Gasteiger partial charge is 0.336 e. The number of para-hydroxylation sites is 1. The molecular weight excluding hydrogens is 436 g/mol. The van der Waals surface area contributed by atoms with Gasteiger partial charge in [0, 0.05) is 27.2 Å². The second-order valence-corrected chi connectivity index (χ2v) is 8.25. The molecule has 0 fully saturated rings. The van der Waals surface area contributed by atoms with E-state index in [-0.39, 0.29) is 22.8 Å². The standard InChI is InChI=1S/C26H20N2O4S/c29-23(27-18-9-2-1-3-10-18)16-33-20-12-6-11-19(15-20)28-25(30)21-13-4-7-17-8-5-14-22(24(17)21)26(31)32/h1-15H,16H2,(H,27,29)(H,28,30)(H,31,32). The summed E-state index contributed by atoms with van der Waals surface area (Å²) in [6.07, 6.45) is 0. The molecule has 0 saturated carbocycles. The van der Waals surface area contributed by atoms with Crippen molar-refractivity contribution in [1.29, 1.82) is 0 Å². The Morgan fingerprint density at radius 2 is 1.39 bits per heavy atom. The van der Waals surface area contributed by atoms with Crippen LogP contribution in [-0.2, 0) is 4.79 Å². The molecule has 0 unspecified atom stereocenters. The quantitative estimate of drug-likeness (QED) is 0.318. The first-order valence-corrected chi connectivity index (χ1v) is 11.1. The van der Waals surface area contributed by atoms with Gasteiger partial charge in [-0.25, -0.2) is 4.79 Å². The summed E-state index contributed by atoms with van der Waals surface area (Å²) < 4.78 is 0. The maximum absolute atomic E-state index is 13.0. The summed E-state index contributed by atoms with van der Waals surface area (Å²) in [4.78, 5) is 37.7. The van der Waals surface area contributed by atoms with E-state index in [4.69, 9.17) is 0 Å². The van der Waals surface area contributed by atoms with Crippen LogP contribution in [0.4, 0.5) is 11.4 Å². The average Bonchev–Trinajstić information content (AvgIpc) is 2.82. The number of rotatable bonds is 7. The maximum atomic E-state index is 13.0. The monoisotopic (exact) mass is 456 g/mol. The number of aromatic carboxylic acids is 1. The van der Waals surface area contributed by atoms with Gasteiger partial charge in [0.2, 0.25) is 5.91 Å². The number of fused-ring (bicyclic) bond motifs is 1. The number of anilines is 2. The van der Waals surface area contributed by atoms with E-state index in [0.29, 0.717) is 16.5 Å². The second-order valence-electron chi connectivity index (χ2n) is 7.20. The lowest BCUT2D eigenvalue weighted by molar-refractivity contribution is -0.113. The van der Waals surface area contributed by atoms with Gasteiger partial charge in [0.15, 0.2) is 0 Å². The summed E-state index contributed by atoms with van der Waals surface area (Å²) >= 11 is 1.35. The fourth-order valence-corrected chi connectivity index (χ4v) is 4.19. The van der Waals surface area contributed by atoms with E-state index >= 15 is 0 Å². The Labute approximate surface area is 194 Å². The highest BCUT2D eigenvalue weighted by molar-refractivity contribution is 8.00. The lowest BCUT2D eigenvalue weighted by Gasteiger charge is -2.11. The number of carboxylic acids is 1. The van der Waals surface area contributed by atoms with E-state index in [1.54, 1.807) is 48.5 Å². The van der Waals surface area contributed by atoms with Gasteiger partial charge < -0.3 is 15.7 Å². The number of hydrogen-bond acceptors (Lipinski definition) is 4. The third-order valence-electron chi connectivity index (χ3n) is 4.90. The lowest BCUT2D eigenvalue weighted by Crippen LogP contribution is -2.14. The van der Waals surface area contributed by atoms with E-state index in [1.165, 1.54) is 17.8 Å². The molecule has 4 aromatic rings.